The van der Waals surface area contributed by atoms with E-state index in [1.54, 1.807) is 20.3 Å². The van der Waals surface area contributed by atoms with Crippen LogP contribution in [0.2, 0.25) is 0 Å². The first kappa shape index (κ1) is 15.4. The Balaban J connectivity index is 2.31. The van der Waals surface area contributed by atoms with Gasteiger partial charge in [0.2, 0.25) is 0 Å². The number of halogens is 1. The number of carbonyl (C=O) groups is 1. The molecule has 1 aromatic rings. The lowest BCUT2D eigenvalue weighted by Gasteiger charge is -2.16. The second kappa shape index (κ2) is 7.11. The van der Waals surface area contributed by atoms with Crippen LogP contribution in [0, 0.1) is 5.92 Å². The summed E-state index contributed by atoms with van der Waals surface area (Å²) in [5.41, 5.74) is 0.638. The fraction of sp³-hybridized carbons (Fsp3) is 0.562. The van der Waals surface area contributed by atoms with E-state index in [1.807, 2.05) is 6.07 Å². The van der Waals surface area contributed by atoms with Crippen molar-refractivity contribution in [3.8, 4) is 11.5 Å². The van der Waals surface area contributed by atoms with Crippen molar-refractivity contribution < 1.29 is 14.3 Å². The highest BCUT2D eigenvalue weighted by Crippen LogP contribution is 2.36. The molecule has 0 unspecified atom stereocenters. The molecule has 1 fully saturated rings. The van der Waals surface area contributed by atoms with Gasteiger partial charge in [-0.1, -0.05) is 25.7 Å². The Hall–Kier alpha value is -1.03. The van der Waals surface area contributed by atoms with Gasteiger partial charge in [0.25, 0.3) is 0 Å². The van der Waals surface area contributed by atoms with E-state index < -0.39 is 0 Å². The van der Waals surface area contributed by atoms with Crippen LogP contribution < -0.4 is 9.47 Å². The summed E-state index contributed by atoms with van der Waals surface area (Å²) in [4.78, 5) is 12.8. The van der Waals surface area contributed by atoms with E-state index in [4.69, 9.17) is 9.47 Å². The molecule has 2 rings (SSSR count). The summed E-state index contributed by atoms with van der Waals surface area (Å²) in [5.74, 6) is 1.60. The fourth-order valence-corrected chi connectivity index (χ4v) is 3.30. The van der Waals surface area contributed by atoms with Gasteiger partial charge in [-0.15, -0.1) is 0 Å². The number of methoxy groups -OCH3 is 2. The molecular weight excluding hydrogens is 320 g/mol. The molecule has 1 aliphatic carbocycles. The molecule has 1 saturated carbocycles. The molecule has 4 heteroatoms. The third kappa shape index (κ3) is 3.35. The Morgan fingerprint density at radius 2 is 1.65 bits per heavy atom. The lowest BCUT2D eigenvalue weighted by molar-refractivity contribution is 0.0904. The van der Waals surface area contributed by atoms with Gasteiger partial charge in [0, 0.05) is 5.92 Å². The first-order valence-corrected chi connectivity index (χ1v) is 7.92. The number of ketones is 1. The molecule has 110 valence electrons. The molecule has 1 aromatic carbocycles. The van der Waals surface area contributed by atoms with E-state index in [0.717, 1.165) is 30.2 Å². The zero-order valence-electron chi connectivity index (χ0n) is 12.1. The van der Waals surface area contributed by atoms with Crippen molar-refractivity contribution >= 4 is 21.7 Å². The van der Waals surface area contributed by atoms with E-state index in [2.05, 4.69) is 15.9 Å². The average Bonchev–Trinajstić information content (AvgIpc) is 2.75. The van der Waals surface area contributed by atoms with Gasteiger partial charge < -0.3 is 9.47 Å². The summed E-state index contributed by atoms with van der Waals surface area (Å²) < 4.78 is 11.5. The molecule has 0 atom stereocenters. The molecule has 0 radical (unpaired) electrons. The molecule has 0 N–H and O–H groups in total. The predicted molar refractivity (Wildman–Crippen MR) is 82.8 cm³/mol. The molecule has 20 heavy (non-hydrogen) atoms. The second-order valence-corrected chi connectivity index (χ2v) is 6.09. The summed E-state index contributed by atoms with van der Waals surface area (Å²) in [6.45, 7) is 0. The number of carbonyl (C=O) groups excluding carboxylic acids is 1. The van der Waals surface area contributed by atoms with E-state index >= 15 is 0 Å². The monoisotopic (exact) mass is 340 g/mol. The van der Waals surface area contributed by atoms with Crippen molar-refractivity contribution in [2.45, 2.75) is 38.5 Å². The number of rotatable bonds is 4. The molecule has 0 aliphatic heterocycles. The van der Waals surface area contributed by atoms with Gasteiger partial charge in [-0.25, -0.2) is 0 Å². The third-order valence-electron chi connectivity index (χ3n) is 3.97. The van der Waals surface area contributed by atoms with Gasteiger partial charge in [0.1, 0.15) is 11.5 Å². The van der Waals surface area contributed by atoms with Gasteiger partial charge >= 0.3 is 0 Å². The zero-order valence-corrected chi connectivity index (χ0v) is 13.7. The molecule has 0 aromatic heterocycles. The third-order valence-corrected chi connectivity index (χ3v) is 4.59. The van der Waals surface area contributed by atoms with Crippen molar-refractivity contribution in [1.29, 1.82) is 0 Å². The zero-order chi connectivity index (χ0) is 14.5. The van der Waals surface area contributed by atoms with Crippen LogP contribution in [0.25, 0.3) is 0 Å². The highest BCUT2D eigenvalue weighted by atomic mass is 79.9. The minimum Gasteiger partial charge on any atom is -0.496 e. The summed E-state index contributed by atoms with van der Waals surface area (Å²) in [5, 5.41) is 0. The Labute approximate surface area is 128 Å². The quantitative estimate of drug-likeness (QED) is 0.592. The van der Waals surface area contributed by atoms with Crippen molar-refractivity contribution in [2.24, 2.45) is 5.92 Å². The summed E-state index contributed by atoms with van der Waals surface area (Å²) >= 11 is 3.42. The average molecular weight is 341 g/mol. The maximum Gasteiger partial charge on any atom is 0.169 e. The standard InChI is InChI=1S/C16H21BrO3/c1-19-14-10-13(17)15(20-2)9-12(14)16(18)11-7-5-3-4-6-8-11/h9-11H,3-8H2,1-2H3. The van der Waals surface area contributed by atoms with Crippen LogP contribution in [-0.4, -0.2) is 20.0 Å². The molecule has 0 heterocycles. The minimum absolute atomic E-state index is 0.122. The van der Waals surface area contributed by atoms with E-state index in [-0.39, 0.29) is 11.7 Å². The molecule has 3 nitrogen and oxygen atoms in total. The summed E-state index contributed by atoms with van der Waals surface area (Å²) in [6, 6.07) is 3.60. The molecule has 0 spiro atoms. The van der Waals surface area contributed by atoms with E-state index in [0.29, 0.717) is 17.1 Å². The van der Waals surface area contributed by atoms with Crippen molar-refractivity contribution in [3.63, 3.8) is 0 Å². The first-order valence-electron chi connectivity index (χ1n) is 7.13. The van der Waals surface area contributed by atoms with Crippen LogP contribution in [0.5, 0.6) is 11.5 Å². The Bertz CT molecular complexity index is 477. The minimum atomic E-state index is 0.122. The maximum atomic E-state index is 12.8. The SMILES string of the molecule is COc1cc(C(=O)C2CCCCCC2)c(OC)cc1Br. The number of benzene rings is 1. The van der Waals surface area contributed by atoms with Crippen molar-refractivity contribution in [1.82, 2.24) is 0 Å². The summed E-state index contributed by atoms with van der Waals surface area (Å²) in [7, 11) is 3.20. The smallest absolute Gasteiger partial charge is 0.169 e. The van der Waals surface area contributed by atoms with Gasteiger partial charge in [-0.3, -0.25) is 4.79 Å². The van der Waals surface area contributed by atoms with Gasteiger partial charge in [0.15, 0.2) is 5.78 Å². The maximum absolute atomic E-state index is 12.8. The molecule has 0 bridgehead atoms. The largest absolute Gasteiger partial charge is 0.496 e. The number of Topliss-reactive ketones (excluding diaryl/α,β-unsaturated/α-hetero) is 1. The number of hydrogen-bond donors (Lipinski definition) is 0. The molecule has 0 amide bonds. The number of ether oxygens (including phenoxy) is 2. The molecule has 0 saturated heterocycles. The normalized spacial score (nSPS) is 16.6. The summed E-state index contributed by atoms with van der Waals surface area (Å²) in [6.07, 6.45) is 6.74. The topological polar surface area (TPSA) is 35.5 Å². The van der Waals surface area contributed by atoms with Crippen LogP contribution in [0.15, 0.2) is 16.6 Å². The van der Waals surface area contributed by atoms with E-state index in [1.165, 1.54) is 12.8 Å². The van der Waals surface area contributed by atoms with E-state index in [9.17, 15) is 4.79 Å². The van der Waals surface area contributed by atoms with Gasteiger partial charge in [-0.05, 0) is 40.9 Å². The van der Waals surface area contributed by atoms with Gasteiger partial charge in [0.05, 0.1) is 24.3 Å². The Morgan fingerprint density at radius 1 is 1.05 bits per heavy atom. The van der Waals surface area contributed by atoms with Crippen LogP contribution in [0.4, 0.5) is 0 Å². The number of hydrogen-bond acceptors (Lipinski definition) is 3. The highest BCUT2D eigenvalue weighted by Gasteiger charge is 2.25. The molecule has 1 aliphatic rings. The lowest BCUT2D eigenvalue weighted by Crippen LogP contribution is -2.15. The Kier molecular flexibility index (Phi) is 5.46. The van der Waals surface area contributed by atoms with Crippen LogP contribution >= 0.6 is 15.9 Å². The predicted octanol–water partition coefficient (Wildman–Crippen LogP) is 4.62. The highest BCUT2D eigenvalue weighted by molar-refractivity contribution is 9.10. The lowest BCUT2D eigenvalue weighted by atomic mass is 9.90. The second-order valence-electron chi connectivity index (χ2n) is 5.24. The molecular formula is C16H21BrO3. The Morgan fingerprint density at radius 3 is 2.20 bits per heavy atom. The van der Waals surface area contributed by atoms with Crippen LogP contribution in [-0.2, 0) is 0 Å². The van der Waals surface area contributed by atoms with Crippen molar-refractivity contribution in [2.75, 3.05) is 14.2 Å². The van der Waals surface area contributed by atoms with Crippen molar-refractivity contribution in [3.05, 3.63) is 22.2 Å². The first-order chi connectivity index (χ1) is 9.67. The van der Waals surface area contributed by atoms with Gasteiger partial charge in [-0.2, -0.15) is 0 Å². The fourth-order valence-electron chi connectivity index (χ4n) is 2.81. The van der Waals surface area contributed by atoms with Crippen LogP contribution in [0.3, 0.4) is 0 Å². The van der Waals surface area contributed by atoms with Crippen LogP contribution in [0.1, 0.15) is 48.9 Å².